The molecule has 4 heteroatoms. The number of carboxylic acids is 1. The van der Waals surface area contributed by atoms with E-state index in [-0.39, 0.29) is 6.42 Å². The molecule has 0 fully saturated rings. The molecule has 1 aromatic rings. The van der Waals surface area contributed by atoms with Crippen molar-refractivity contribution in [2.75, 3.05) is 14.2 Å². The lowest BCUT2D eigenvalue weighted by molar-refractivity contribution is -0.137. The largest absolute Gasteiger partial charge is 0.496 e. The van der Waals surface area contributed by atoms with Crippen molar-refractivity contribution in [1.29, 1.82) is 0 Å². The first-order valence-corrected chi connectivity index (χ1v) is 6.46. The summed E-state index contributed by atoms with van der Waals surface area (Å²) in [7, 11) is 3.28. The zero-order chi connectivity index (χ0) is 14.4. The summed E-state index contributed by atoms with van der Waals surface area (Å²) in [6.07, 6.45) is 1.44. The van der Waals surface area contributed by atoms with Crippen molar-refractivity contribution >= 4 is 5.97 Å². The third kappa shape index (κ3) is 3.88. The molecule has 0 saturated carbocycles. The van der Waals surface area contributed by atoms with Crippen LogP contribution < -0.4 is 9.47 Å². The number of hydrogen-bond donors (Lipinski definition) is 1. The van der Waals surface area contributed by atoms with E-state index < -0.39 is 5.97 Å². The van der Waals surface area contributed by atoms with Gasteiger partial charge in [-0.1, -0.05) is 13.8 Å². The molecule has 1 N–H and O–H groups in total. The van der Waals surface area contributed by atoms with Crippen LogP contribution in [0, 0.1) is 0 Å². The number of methoxy groups -OCH3 is 2. The van der Waals surface area contributed by atoms with Gasteiger partial charge in [0.1, 0.15) is 11.5 Å². The highest BCUT2D eigenvalue weighted by molar-refractivity contribution is 5.66. The van der Waals surface area contributed by atoms with E-state index in [1.165, 1.54) is 0 Å². The second-order valence-electron chi connectivity index (χ2n) is 4.76. The molecule has 1 aromatic carbocycles. The normalized spacial score (nSPS) is 10.6. The molecule has 1 rings (SSSR count). The van der Waals surface area contributed by atoms with E-state index in [2.05, 4.69) is 13.8 Å². The highest BCUT2D eigenvalue weighted by Crippen LogP contribution is 2.36. The fourth-order valence-corrected chi connectivity index (χ4v) is 2.30. The number of ether oxygens (including phenoxy) is 2. The predicted molar refractivity (Wildman–Crippen MR) is 74.2 cm³/mol. The molecule has 4 nitrogen and oxygen atoms in total. The molecule has 0 saturated heterocycles. The molecule has 0 aliphatic heterocycles. The van der Waals surface area contributed by atoms with E-state index in [4.69, 9.17) is 14.6 Å². The lowest BCUT2D eigenvalue weighted by atomic mass is 9.92. The summed E-state index contributed by atoms with van der Waals surface area (Å²) in [6.45, 7) is 4.19. The molecule has 0 aliphatic rings. The number of hydrogen-bond acceptors (Lipinski definition) is 3. The second-order valence-corrected chi connectivity index (χ2v) is 4.76. The summed E-state index contributed by atoms with van der Waals surface area (Å²) in [6, 6.07) is 3.77. The molecule has 0 spiro atoms. The fourth-order valence-electron chi connectivity index (χ4n) is 2.30. The second kappa shape index (κ2) is 7.02. The number of carboxylic acid groups (broad SMARTS) is 1. The minimum absolute atomic E-state index is 0.165. The van der Waals surface area contributed by atoms with E-state index >= 15 is 0 Å². The summed E-state index contributed by atoms with van der Waals surface area (Å²) < 4.78 is 10.8. The highest BCUT2D eigenvalue weighted by Gasteiger charge is 2.17. The minimum atomic E-state index is -0.770. The van der Waals surface area contributed by atoms with Gasteiger partial charge >= 0.3 is 5.97 Å². The number of rotatable bonds is 7. The van der Waals surface area contributed by atoms with Crippen molar-refractivity contribution < 1.29 is 19.4 Å². The van der Waals surface area contributed by atoms with Gasteiger partial charge in [0, 0.05) is 17.5 Å². The van der Waals surface area contributed by atoms with E-state index in [0.29, 0.717) is 18.8 Å². The first kappa shape index (κ1) is 15.3. The predicted octanol–water partition coefficient (Wildman–Crippen LogP) is 3.23. The topological polar surface area (TPSA) is 55.8 Å². The van der Waals surface area contributed by atoms with Crippen molar-refractivity contribution in [3.8, 4) is 11.5 Å². The van der Waals surface area contributed by atoms with Crippen LogP contribution in [0.4, 0.5) is 0 Å². The van der Waals surface area contributed by atoms with Crippen LogP contribution >= 0.6 is 0 Å². The van der Waals surface area contributed by atoms with Gasteiger partial charge in [0.2, 0.25) is 0 Å². The van der Waals surface area contributed by atoms with Crippen molar-refractivity contribution in [2.45, 2.75) is 39.0 Å². The third-order valence-electron chi connectivity index (χ3n) is 3.11. The molecule has 0 amide bonds. The number of carbonyl (C=O) groups is 1. The van der Waals surface area contributed by atoms with Crippen LogP contribution in [-0.2, 0) is 11.2 Å². The van der Waals surface area contributed by atoms with Gasteiger partial charge in [0.05, 0.1) is 14.2 Å². The molecule has 106 valence electrons. The highest BCUT2D eigenvalue weighted by atomic mass is 16.5. The Morgan fingerprint density at radius 1 is 1.21 bits per heavy atom. The maximum Gasteiger partial charge on any atom is 0.303 e. The minimum Gasteiger partial charge on any atom is -0.496 e. The van der Waals surface area contributed by atoms with Gasteiger partial charge < -0.3 is 14.6 Å². The lowest BCUT2D eigenvalue weighted by Gasteiger charge is -2.19. The van der Waals surface area contributed by atoms with Gasteiger partial charge in [-0.3, -0.25) is 4.79 Å². The van der Waals surface area contributed by atoms with Gasteiger partial charge in [0.15, 0.2) is 0 Å². The first-order chi connectivity index (χ1) is 9.01. The fraction of sp³-hybridized carbons (Fsp3) is 0.533. The van der Waals surface area contributed by atoms with Crippen molar-refractivity contribution in [2.24, 2.45) is 0 Å². The molecule has 0 bridgehead atoms. The Labute approximate surface area is 114 Å². The Morgan fingerprint density at radius 3 is 2.26 bits per heavy atom. The Hall–Kier alpha value is -1.71. The average Bonchev–Trinajstić information content (AvgIpc) is 2.37. The molecular weight excluding hydrogens is 244 g/mol. The van der Waals surface area contributed by atoms with Crippen molar-refractivity contribution in [1.82, 2.24) is 0 Å². The van der Waals surface area contributed by atoms with Gasteiger partial charge in [-0.05, 0) is 30.9 Å². The van der Waals surface area contributed by atoms with Gasteiger partial charge in [-0.15, -0.1) is 0 Å². The lowest BCUT2D eigenvalue weighted by Crippen LogP contribution is -2.05. The monoisotopic (exact) mass is 266 g/mol. The zero-order valence-electron chi connectivity index (χ0n) is 12.0. The molecule has 0 aromatic heterocycles. The van der Waals surface area contributed by atoms with E-state index in [0.717, 1.165) is 22.6 Å². The molecule has 0 aliphatic carbocycles. The van der Waals surface area contributed by atoms with Crippen LogP contribution in [0.1, 0.15) is 43.7 Å². The molecular formula is C15H22O4. The number of aliphatic carboxylic acids is 1. The maximum atomic E-state index is 10.6. The van der Waals surface area contributed by atoms with Crippen molar-refractivity contribution in [3.63, 3.8) is 0 Å². The molecule has 0 unspecified atom stereocenters. The van der Waals surface area contributed by atoms with E-state index in [1.54, 1.807) is 14.2 Å². The molecule has 0 heterocycles. The van der Waals surface area contributed by atoms with E-state index in [9.17, 15) is 4.79 Å². The van der Waals surface area contributed by atoms with Gasteiger partial charge in [-0.2, -0.15) is 0 Å². The van der Waals surface area contributed by atoms with Crippen LogP contribution in [0.15, 0.2) is 12.1 Å². The summed E-state index contributed by atoms with van der Waals surface area (Å²) in [4.78, 5) is 10.6. The van der Waals surface area contributed by atoms with Crippen molar-refractivity contribution in [3.05, 3.63) is 23.3 Å². The Balaban J connectivity index is 3.11. The maximum absolute atomic E-state index is 10.6. The van der Waals surface area contributed by atoms with Gasteiger partial charge in [-0.25, -0.2) is 0 Å². The van der Waals surface area contributed by atoms with Crippen LogP contribution in [0.2, 0.25) is 0 Å². The van der Waals surface area contributed by atoms with Crippen LogP contribution in [0.25, 0.3) is 0 Å². The van der Waals surface area contributed by atoms with E-state index in [1.807, 2.05) is 12.1 Å². The smallest absolute Gasteiger partial charge is 0.303 e. The third-order valence-corrected chi connectivity index (χ3v) is 3.11. The summed E-state index contributed by atoms with van der Waals surface area (Å²) in [5.41, 5.74) is 2.16. The van der Waals surface area contributed by atoms with Crippen LogP contribution in [-0.4, -0.2) is 25.3 Å². The SMILES string of the molecule is COc1ccc(OC)c(C(C)C)c1CCCC(=O)O. The van der Waals surface area contributed by atoms with Crippen LogP contribution in [0.5, 0.6) is 11.5 Å². The molecule has 0 radical (unpaired) electrons. The van der Waals surface area contributed by atoms with Crippen LogP contribution in [0.3, 0.4) is 0 Å². The quantitative estimate of drug-likeness (QED) is 0.823. The molecule has 19 heavy (non-hydrogen) atoms. The molecule has 0 atom stereocenters. The summed E-state index contributed by atoms with van der Waals surface area (Å²) in [5.74, 6) is 1.16. The Bertz CT molecular complexity index is 438. The number of benzene rings is 1. The summed E-state index contributed by atoms with van der Waals surface area (Å²) >= 11 is 0. The summed E-state index contributed by atoms with van der Waals surface area (Å²) in [5, 5.41) is 8.74. The first-order valence-electron chi connectivity index (χ1n) is 6.46. The zero-order valence-corrected chi connectivity index (χ0v) is 12.0. The standard InChI is InChI=1S/C15H22O4/c1-10(2)15-11(6-5-7-14(16)17)12(18-3)8-9-13(15)19-4/h8-10H,5-7H2,1-4H3,(H,16,17). The van der Waals surface area contributed by atoms with Gasteiger partial charge in [0.25, 0.3) is 0 Å². The Morgan fingerprint density at radius 2 is 1.79 bits per heavy atom. The average molecular weight is 266 g/mol. The Kier molecular flexibility index (Phi) is 5.67.